The Morgan fingerprint density at radius 1 is 1.19 bits per heavy atom. The van der Waals surface area contributed by atoms with Crippen LogP contribution in [0.25, 0.3) is 0 Å². The lowest BCUT2D eigenvalue weighted by molar-refractivity contribution is -0.113. The fourth-order valence-corrected chi connectivity index (χ4v) is 4.49. The van der Waals surface area contributed by atoms with Gasteiger partial charge in [-0.3, -0.25) is 9.36 Å². The van der Waals surface area contributed by atoms with Crippen LogP contribution < -0.4 is 10.1 Å². The van der Waals surface area contributed by atoms with Crippen molar-refractivity contribution >= 4 is 39.3 Å². The van der Waals surface area contributed by atoms with Crippen molar-refractivity contribution in [2.45, 2.75) is 39.1 Å². The minimum absolute atomic E-state index is 0.0934. The summed E-state index contributed by atoms with van der Waals surface area (Å²) in [6.45, 7) is 10.6. The van der Waals surface area contributed by atoms with Gasteiger partial charge in [0.2, 0.25) is 5.91 Å². The molecule has 1 heterocycles. The quantitative estimate of drug-likeness (QED) is 0.312. The van der Waals surface area contributed by atoms with E-state index < -0.39 is 0 Å². The summed E-state index contributed by atoms with van der Waals surface area (Å²) in [5.74, 6) is 1.59. The number of aromatic nitrogens is 3. The van der Waals surface area contributed by atoms with E-state index in [9.17, 15) is 4.79 Å². The van der Waals surface area contributed by atoms with Crippen molar-refractivity contribution in [2.75, 3.05) is 11.1 Å². The van der Waals surface area contributed by atoms with Crippen molar-refractivity contribution in [1.82, 2.24) is 14.8 Å². The number of hydrogen-bond donors (Lipinski definition) is 1. The van der Waals surface area contributed by atoms with Crippen molar-refractivity contribution in [1.29, 1.82) is 0 Å². The lowest BCUT2D eigenvalue weighted by Gasteiger charge is -2.12. The number of aryl methyl sites for hydroxylation is 3. The molecule has 0 saturated carbocycles. The zero-order chi connectivity index (χ0) is 22.4. The molecule has 31 heavy (non-hydrogen) atoms. The summed E-state index contributed by atoms with van der Waals surface area (Å²) < 4.78 is 8.74. The van der Waals surface area contributed by atoms with Gasteiger partial charge in [-0.05, 0) is 56.2 Å². The molecular formula is C23H25BrN4O2S. The smallest absolute Gasteiger partial charge is 0.234 e. The van der Waals surface area contributed by atoms with Gasteiger partial charge in [0.05, 0.1) is 5.75 Å². The number of thioether (sulfide) groups is 1. The van der Waals surface area contributed by atoms with Gasteiger partial charge in [0.25, 0.3) is 0 Å². The van der Waals surface area contributed by atoms with E-state index in [1.54, 1.807) is 6.08 Å². The van der Waals surface area contributed by atoms with Crippen molar-refractivity contribution < 1.29 is 9.53 Å². The molecule has 0 bridgehead atoms. The van der Waals surface area contributed by atoms with E-state index in [-0.39, 0.29) is 18.3 Å². The number of anilines is 1. The second-order valence-electron chi connectivity index (χ2n) is 7.15. The molecule has 0 atom stereocenters. The Morgan fingerprint density at radius 2 is 1.87 bits per heavy atom. The van der Waals surface area contributed by atoms with Crippen LogP contribution in [-0.2, 0) is 17.9 Å². The third-order valence-electron chi connectivity index (χ3n) is 4.59. The van der Waals surface area contributed by atoms with Gasteiger partial charge in [-0.1, -0.05) is 51.5 Å². The molecule has 6 nitrogen and oxygen atoms in total. The van der Waals surface area contributed by atoms with Gasteiger partial charge in [0, 0.05) is 16.7 Å². The minimum Gasteiger partial charge on any atom is -0.486 e. The minimum atomic E-state index is -0.0934. The van der Waals surface area contributed by atoms with E-state index in [0.29, 0.717) is 17.5 Å². The van der Waals surface area contributed by atoms with E-state index >= 15 is 0 Å². The van der Waals surface area contributed by atoms with Gasteiger partial charge < -0.3 is 10.1 Å². The number of allylic oxidation sites excluding steroid dienone is 1. The summed E-state index contributed by atoms with van der Waals surface area (Å²) >= 11 is 4.82. The van der Waals surface area contributed by atoms with Gasteiger partial charge in [-0.25, -0.2) is 0 Å². The van der Waals surface area contributed by atoms with Crippen LogP contribution in [0.15, 0.2) is 58.7 Å². The average Bonchev–Trinajstić information content (AvgIpc) is 3.10. The van der Waals surface area contributed by atoms with Gasteiger partial charge in [-0.2, -0.15) is 0 Å². The number of carbonyl (C=O) groups excluding carboxylic acids is 1. The highest BCUT2D eigenvalue weighted by molar-refractivity contribution is 9.10. The number of rotatable bonds is 9. The second-order valence-corrected chi connectivity index (χ2v) is 9.01. The Labute approximate surface area is 195 Å². The Kier molecular flexibility index (Phi) is 7.92. The molecule has 0 saturated heterocycles. The summed E-state index contributed by atoms with van der Waals surface area (Å²) in [4.78, 5) is 12.5. The normalized spacial score (nSPS) is 10.7. The molecule has 1 amide bonds. The SMILES string of the molecule is C=CCn1c(COc2ccc(C)cc2)nnc1SCC(=O)Nc1c(C)cc(Br)cc1C. The van der Waals surface area contributed by atoms with Crippen molar-refractivity contribution in [3.8, 4) is 5.75 Å². The molecule has 1 aromatic heterocycles. The van der Waals surface area contributed by atoms with Gasteiger partial charge in [0.1, 0.15) is 12.4 Å². The summed E-state index contributed by atoms with van der Waals surface area (Å²) in [5.41, 5.74) is 4.03. The van der Waals surface area contributed by atoms with E-state index in [1.807, 2.05) is 61.7 Å². The fraction of sp³-hybridized carbons (Fsp3) is 0.261. The molecule has 162 valence electrons. The van der Waals surface area contributed by atoms with E-state index in [1.165, 1.54) is 17.3 Å². The number of amides is 1. The van der Waals surface area contributed by atoms with Crippen molar-refractivity contribution in [3.63, 3.8) is 0 Å². The third kappa shape index (κ3) is 6.21. The van der Waals surface area contributed by atoms with Crippen LogP contribution >= 0.6 is 27.7 Å². The number of nitrogens with one attached hydrogen (secondary N) is 1. The van der Waals surface area contributed by atoms with Crippen LogP contribution in [0.4, 0.5) is 5.69 Å². The number of halogens is 1. The Morgan fingerprint density at radius 3 is 2.52 bits per heavy atom. The molecule has 1 N–H and O–H groups in total. The standard InChI is InChI=1S/C23H25BrN4O2S/c1-5-10-28-20(13-30-19-8-6-15(2)7-9-19)26-27-23(28)31-14-21(29)25-22-16(3)11-18(24)12-17(22)4/h5-9,11-12H,1,10,13-14H2,2-4H3,(H,25,29). The van der Waals surface area contributed by atoms with Gasteiger partial charge in [-0.15, -0.1) is 16.8 Å². The second kappa shape index (κ2) is 10.6. The number of ether oxygens (including phenoxy) is 1. The van der Waals surface area contributed by atoms with Gasteiger partial charge >= 0.3 is 0 Å². The Balaban J connectivity index is 1.64. The first-order valence-corrected chi connectivity index (χ1v) is 11.6. The molecule has 0 unspecified atom stereocenters. The molecule has 0 aliphatic carbocycles. The number of hydrogen-bond acceptors (Lipinski definition) is 5. The molecule has 3 rings (SSSR count). The Hall–Kier alpha value is -2.58. The van der Waals surface area contributed by atoms with Gasteiger partial charge in [0.15, 0.2) is 11.0 Å². The molecule has 2 aromatic carbocycles. The zero-order valence-corrected chi connectivity index (χ0v) is 20.2. The van der Waals surface area contributed by atoms with E-state index in [2.05, 4.69) is 38.0 Å². The largest absolute Gasteiger partial charge is 0.486 e. The lowest BCUT2D eigenvalue weighted by Crippen LogP contribution is -2.16. The maximum Gasteiger partial charge on any atom is 0.234 e. The summed E-state index contributed by atoms with van der Waals surface area (Å²) in [6.07, 6.45) is 1.78. The number of benzene rings is 2. The molecular weight excluding hydrogens is 476 g/mol. The maximum atomic E-state index is 12.5. The molecule has 0 spiro atoms. The summed E-state index contributed by atoms with van der Waals surface area (Å²) in [5, 5.41) is 12.2. The average molecular weight is 501 g/mol. The number of nitrogens with zero attached hydrogens (tertiary/aromatic N) is 3. The maximum absolute atomic E-state index is 12.5. The molecule has 0 radical (unpaired) electrons. The van der Waals surface area contributed by atoms with Crippen LogP contribution in [0.3, 0.4) is 0 Å². The monoisotopic (exact) mass is 500 g/mol. The molecule has 0 aliphatic rings. The first kappa shape index (κ1) is 23.1. The highest BCUT2D eigenvalue weighted by Gasteiger charge is 2.15. The predicted molar refractivity (Wildman–Crippen MR) is 129 cm³/mol. The highest BCUT2D eigenvalue weighted by atomic mass is 79.9. The summed E-state index contributed by atoms with van der Waals surface area (Å²) in [7, 11) is 0. The molecule has 0 aliphatic heterocycles. The predicted octanol–water partition coefficient (Wildman–Crippen LogP) is 5.46. The number of carbonyl (C=O) groups is 1. The molecule has 0 fully saturated rings. The van der Waals surface area contributed by atoms with E-state index in [4.69, 9.17) is 4.74 Å². The Bertz CT molecular complexity index is 1060. The van der Waals surface area contributed by atoms with Crippen LogP contribution in [-0.4, -0.2) is 26.4 Å². The first-order valence-electron chi connectivity index (χ1n) is 9.79. The molecule has 3 aromatic rings. The van der Waals surface area contributed by atoms with Crippen LogP contribution in [0.5, 0.6) is 5.75 Å². The summed E-state index contributed by atoms with van der Waals surface area (Å²) in [6, 6.07) is 11.8. The van der Waals surface area contributed by atoms with Crippen LogP contribution in [0, 0.1) is 20.8 Å². The van der Waals surface area contributed by atoms with E-state index in [0.717, 1.165) is 27.0 Å². The highest BCUT2D eigenvalue weighted by Crippen LogP contribution is 2.26. The third-order valence-corrected chi connectivity index (χ3v) is 6.01. The lowest BCUT2D eigenvalue weighted by atomic mass is 10.1. The zero-order valence-electron chi connectivity index (χ0n) is 17.8. The fourth-order valence-electron chi connectivity index (χ4n) is 3.04. The first-order chi connectivity index (χ1) is 14.9. The van der Waals surface area contributed by atoms with Crippen molar-refractivity contribution in [3.05, 3.63) is 76.0 Å². The van der Waals surface area contributed by atoms with Crippen LogP contribution in [0.2, 0.25) is 0 Å². The van der Waals surface area contributed by atoms with Crippen molar-refractivity contribution in [2.24, 2.45) is 0 Å². The van der Waals surface area contributed by atoms with Crippen LogP contribution in [0.1, 0.15) is 22.5 Å². The topological polar surface area (TPSA) is 69.0 Å². The molecule has 8 heteroatoms.